The molecule has 2 heterocycles. The molecule has 3 aromatic rings. The Morgan fingerprint density at radius 1 is 0.864 bits per heavy atom. The van der Waals surface area contributed by atoms with Crippen molar-refractivity contribution in [2.24, 2.45) is 0 Å². The zero-order valence-corrected chi connectivity index (χ0v) is 12.6. The van der Waals surface area contributed by atoms with E-state index in [1.54, 1.807) is 19.6 Å². The van der Waals surface area contributed by atoms with Crippen LogP contribution in [-0.4, -0.2) is 12.0 Å². The quantitative estimate of drug-likeness (QED) is 0.658. The maximum absolute atomic E-state index is 5.47. The summed E-state index contributed by atoms with van der Waals surface area (Å²) >= 11 is 0. The Morgan fingerprint density at radius 2 is 1.55 bits per heavy atom. The smallest absolute Gasteiger partial charge is 0.119 e. The van der Waals surface area contributed by atoms with Crippen LogP contribution >= 0.6 is 0 Å². The first-order valence-electron chi connectivity index (χ1n) is 7.23. The zero-order valence-electron chi connectivity index (χ0n) is 12.6. The van der Waals surface area contributed by atoms with Gasteiger partial charge >= 0.3 is 0 Å². The van der Waals surface area contributed by atoms with E-state index in [4.69, 9.17) is 13.6 Å². The highest BCUT2D eigenvalue weighted by Crippen LogP contribution is 2.18. The number of benzene rings is 1. The van der Waals surface area contributed by atoms with Crippen molar-refractivity contribution in [1.29, 1.82) is 0 Å². The van der Waals surface area contributed by atoms with Gasteiger partial charge < -0.3 is 13.6 Å². The second kappa shape index (κ2) is 7.00. The van der Waals surface area contributed by atoms with Crippen molar-refractivity contribution in [3.8, 4) is 5.75 Å². The van der Waals surface area contributed by atoms with Gasteiger partial charge in [-0.15, -0.1) is 0 Å². The number of hydrogen-bond donors (Lipinski definition) is 0. The number of ether oxygens (including phenoxy) is 1. The average molecular weight is 297 g/mol. The van der Waals surface area contributed by atoms with Crippen LogP contribution in [0.2, 0.25) is 0 Å². The van der Waals surface area contributed by atoms with Gasteiger partial charge in [-0.05, 0) is 42.0 Å². The summed E-state index contributed by atoms with van der Waals surface area (Å²) in [5.74, 6) is 2.75. The van der Waals surface area contributed by atoms with Gasteiger partial charge in [0.25, 0.3) is 0 Å². The molecule has 0 amide bonds. The minimum Gasteiger partial charge on any atom is -0.497 e. The lowest BCUT2D eigenvalue weighted by atomic mass is 10.2. The standard InChI is InChI=1S/C18H19NO3/c1-20-16-6-2-5-15(11-16)12-19(13-17-7-3-9-21-17)14-18-8-4-10-22-18/h2-11H,12-14H2,1H3. The average Bonchev–Trinajstić information content (AvgIpc) is 3.21. The van der Waals surface area contributed by atoms with E-state index in [2.05, 4.69) is 17.0 Å². The highest BCUT2D eigenvalue weighted by atomic mass is 16.5. The van der Waals surface area contributed by atoms with E-state index < -0.39 is 0 Å². The second-order valence-corrected chi connectivity index (χ2v) is 5.16. The van der Waals surface area contributed by atoms with Crippen LogP contribution in [0.15, 0.2) is 69.9 Å². The lowest BCUT2D eigenvalue weighted by Crippen LogP contribution is -2.21. The summed E-state index contributed by atoms with van der Waals surface area (Å²) in [4.78, 5) is 2.27. The van der Waals surface area contributed by atoms with Gasteiger partial charge in [-0.1, -0.05) is 12.1 Å². The Hall–Kier alpha value is -2.46. The monoisotopic (exact) mass is 297 g/mol. The number of furan rings is 2. The van der Waals surface area contributed by atoms with Crippen molar-refractivity contribution in [1.82, 2.24) is 4.90 Å². The summed E-state index contributed by atoms with van der Waals surface area (Å²) in [6.07, 6.45) is 3.40. The third-order valence-electron chi connectivity index (χ3n) is 3.46. The molecule has 4 nitrogen and oxygen atoms in total. The minimum absolute atomic E-state index is 0.727. The Labute approximate surface area is 129 Å². The third kappa shape index (κ3) is 3.80. The zero-order chi connectivity index (χ0) is 15.2. The molecule has 0 aliphatic carbocycles. The maximum Gasteiger partial charge on any atom is 0.119 e. The molecule has 114 valence electrons. The van der Waals surface area contributed by atoms with E-state index in [0.717, 1.165) is 36.9 Å². The van der Waals surface area contributed by atoms with Gasteiger partial charge in [-0.25, -0.2) is 0 Å². The fraction of sp³-hybridized carbons (Fsp3) is 0.222. The van der Waals surface area contributed by atoms with Crippen LogP contribution < -0.4 is 4.74 Å². The molecular formula is C18H19NO3. The summed E-state index contributed by atoms with van der Waals surface area (Å²) in [6.45, 7) is 2.24. The summed E-state index contributed by atoms with van der Waals surface area (Å²) in [5, 5.41) is 0. The van der Waals surface area contributed by atoms with Gasteiger partial charge in [0, 0.05) is 6.54 Å². The van der Waals surface area contributed by atoms with E-state index >= 15 is 0 Å². The van der Waals surface area contributed by atoms with Crippen LogP contribution in [0.25, 0.3) is 0 Å². The molecule has 0 unspecified atom stereocenters. The molecule has 0 aliphatic rings. The highest BCUT2D eigenvalue weighted by molar-refractivity contribution is 5.28. The molecule has 3 rings (SSSR count). The number of rotatable bonds is 7. The predicted octanol–water partition coefficient (Wildman–Crippen LogP) is 4.08. The molecular weight excluding hydrogens is 278 g/mol. The van der Waals surface area contributed by atoms with Crippen molar-refractivity contribution >= 4 is 0 Å². The normalized spacial score (nSPS) is 11.0. The highest BCUT2D eigenvalue weighted by Gasteiger charge is 2.11. The molecule has 22 heavy (non-hydrogen) atoms. The topological polar surface area (TPSA) is 38.8 Å². The Kier molecular flexibility index (Phi) is 4.61. The minimum atomic E-state index is 0.727. The summed E-state index contributed by atoms with van der Waals surface area (Å²) in [5.41, 5.74) is 1.19. The molecule has 2 aromatic heterocycles. The first kappa shape index (κ1) is 14.5. The summed E-state index contributed by atoms with van der Waals surface area (Å²) < 4.78 is 16.2. The van der Waals surface area contributed by atoms with Gasteiger partial charge in [0.15, 0.2) is 0 Å². The molecule has 0 fully saturated rings. The summed E-state index contributed by atoms with van der Waals surface area (Å²) in [7, 11) is 1.68. The van der Waals surface area contributed by atoms with Gasteiger partial charge in [0.05, 0.1) is 32.7 Å². The van der Waals surface area contributed by atoms with Crippen LogP contribution in [-0.2, 0) is 19.6 Å². The molecule has 0 bridgehead atoms. The molecule has 0 atom stereocenters. The Balaban J connectivity index is 1.74. The molecule has 1 aromatic carbocycles. The first-order valence-corrected chi connectivity index (χ1v) is 7.23. The Bertz CT molecular complexity index is 638. The lowest BCUT2D eigenvalue weighted by Gasteiger charge is -2.20. The molecule has 0 spiro atoms. The SMILES string of the molecule is COc1cccc(CN(Cc2ccco2)Cc2ccco2)c1. The molecule has 0 radical (unpaired) electrons. The molecule has 0 aliphatic heterocycles. The van der Waals surface area contributed by atoms with E-state index in [1.165, 1.54) is 5.56 Å². The second-order valence-electron chi connectivity index (χ2n) is 5.16. The predicted molar refractivity (Wildman–Crippen MR) is 83.4 cm³/mol. The van der Waals surface area contributed by atoms with Crippen molar-refractivity contribution in [2.75, 3.05) is 7.11 Å². The molecule has 0 saturated carbocycles. The fourth-order valence-corrected chi connectivity index (χ4v) is 2.44. The molecule has 0 N–H and O–H groups in total. The molecule has 4 heteroatoms. The third-order valence-corrected chi connectivity index (χ3v) is 3.46. The van der Waals surface area contributed by atoms with Crippen molar-refractivity contribution < 1.29 is 13.6 Å². The van der Waals surface area contributed by atoms with E-state index in [-0.39, 0.29) is 0 Å². The lowest BCUT2D eigenvalue weighted by molar-refractivity contribution is 0.209. The number of nitrogens with zero attached hydrogens (tertiary/aromatic N) is 1. The van der Waals surface area contributed by atoms with E-state index in [1.807, 2.05) is 36.4 Å². The first-order chi connectivity index (χ1) is 10.8. The number of hydrogen-bond acceptors (Lipinski definition) is 4. The Morgan fingerprint density at radius 3 is 2.09 bits per heavy atom. The summed E-state index contributed by atoms with van der Waals surface area (Å²) in [6, 6.07) is 15.9. The number of methoxy groups -OCH3 is 1. The molecule has 0 saturated heterocycles. The van der Waals surface area contributed by atoms with Gasteiger partial charge in [-0.3, -0.25) is 4.90 Å². The van der Waals surface area contributed by atoms with E-state index in [0.29, 0.717) is 0 Å². The maximum atomic E-state index is 5.47. The van der Waals surface area contributed by atoms with Crippen LogP contribution in [0.5, 0.6) is 5.75 Å². The van der Waals surface area contributed by atoms with Crippen molar-refractivity contribution in [3.63, 3.8) is 0 Å². The fourth-order valence-electron chi connectivity index (χ4n) is 2.44. The van der Waals surface area contributed by atoms with Gasteiger partial charge in [-0.2, -0.15) is 0 Å². The van der Waals surface area contributed by atoms with Gasteiger partial charge in [0.2, 0.25) is 0 Å². The van der Waals surface area contributed by atoms with Crippen molar-refractivity contribution in [2.45, 2.75) is 19.6 Å². The van der Waals surface area contributed by atoms with Crippen molar-refractivity contribution in [3.05, 3.63) is 78.1 Å². The largest absolute Gasteiger partial charge is 0.497 e. The van der Waals surface area contributed by atoms with Crippen LogP contribution in [0.4, 0.5) is 0 Å². The van der Waals surface area contributed by atoms with Crippen LogP contribution in [0, 0.1) is 0 Å². The van der Waals surface area contributed by atoms with Crippen LogP contribution in [0.1, 0.15) is 17.1 Å². The van der Waals surface area contributed by atoms with Gasteiger partial charge in [0.1, 0.15) is 17.3 Å². The van der Waals surface area contributed by atoms with Crippen LogP contribution in [0.3, 0.4) is 0 Å². The van der Waals surface area contributed by atoms with E-state index in [9.17, 15) is 0 Å².